The zero-order chi connectivity index (χ0) is 21.5. The Morgan fingerprint density at radius 3 is 2.73 bits per heavy atom. The topological polar surface area (TPSA) is 115 Å². The van der Waals surface area contributed by atoms with Gasteiger partial charge in [0.1, 0.15) is 21.2 Å². The third-order valence-corrected chi connectivity index (χ3v) is 6.58. The fraction of sp³-hybridized carbons (Fsp3) is 0.250. The highest BCUT2D eigenvalue weighted by atomic mass is 32.2. The second-order valence-corrected chi connectivity index (χ2v) is 9.18. The van der Waals surface area contributed by atoms with Crippen LogP contribution in [-0.4, -0.2) is 34.3 Å². The molecule has 158 valence electrons. The van der Waals surface area contributed by atoms with Crippen LogP contribution in [0.15, 0.2) is 33.2 Å². The van der Waals surface area contributed by atoms with E-state index in [1.165, 1.54) is 25.3 Å². The number of aromatic nitrogens is 4. The zero-order valence-corrected chi connectivity index (χ0v) is 16.8. The van der Waals surface area contributed by atoms with Gasteiger partial charge in [0, 0.05) is 6.07 Å². The maximum absolute atomic E-state index is 13.4. The second kappa shape index (κ2) is 7.68. The average molecular weight is 459 g/mol. The summed E-state index contributed by atoms with van der Waals surface area (Å²) in [4.78, 5) is 8.50. The van der Waals surface area contributed by atoms with Crippen LogP contribution in [0.5, 0.6) is 0 Å². The molecule has 0 aliphatic rings. The molecule has 3 heterocycles. The molecule has 0 N–H and O–H groups in total. The Kier molecular flexibility index (Phi) is 5.19. The Balaban J connectivity index is 1.66. The number of sulfonamides is 1. The molecule has 0 spiro atoms. The molecule has 0 radical (unpaired) electrons. The Morgan fingerprint density at radius 1 is 1.23 bits per heavy atom. The van der Waals surface area contributed by atoms with E-state index < -0.39 is 28.2 Å². The Labute approximate surface area is 171 Å². The predicted molar refractivity (Wildman–Crippen MR) is 100.0 cm³/mol. The monoisotopic (exact) mass is 459 g/mol. The lowest BCUT2D eigenvalue weighted by Crippen LogP contribution is -2.32. The summed E-state index contributed by atoms with van der Waals surface area (Å²) in [7, 11) is -3.83. The smallest absolute Gasteiger partial charge is 0.314 e. The van der Waals surface area contributed by atoms with Gasteiger partial charge in [-0.3, -0.25) is 0 Å². The van der Waals surface area contributed by atoms with Gasteiger partial charge < -0.3 is 8.83 Å². The number of fused-ring (bicyclic) bond motifs is 1. The van der Waals surface area contributed by atoms with Crippen LogP contribution in [-0.2, 0) is 16.6 Å². The van der Waals surface area contributed by atoms with Gasteiger partial charge in [-0.15, -0.1) is 21.5 Å². The van der Waals surface area contributed by atoms with Crippen molar-refractivity contribution in [1.82, 2.24) is 20.2 Å². The summed E-state index contributed by atoms with van der Waals surface area (Å²) in [5, 5.41) is 7.08. The molecule has 0 fully saturated rings. The number of hydrogen-bond acceptors (Lipinski definition) is 9. The lowest BCUT2D eigenvalue weighted by molar-refractivity contribution is 0.116. The van der Waals surface area contributed by atoms with E-state index in [2.05, 4.69) is 20.2 Å². The van der Waals surface area contributed by atoms with Crippen LogP contribution in [0.25, 0.3) is 21.9 Å². The molecule has 4 rings (SSSR count). The number of halogens is 3. The number of rotatable bonds is 7. The number of benzene rings is 1. The summed E-state index contributed by atoms with van der Waals surface area (Å²) in [6, 6.07) is 3.40. The van der Waals surface area contributed by atoms with Crippen molar-refractivity contribution in [3.8, 4) is 10.8 Å². The van der Waals surface area contributed by atoms with E-state index in [1.807, 2.05) is 0 Å². The fourth-order valence-electron chi connectivity index (χ4n) is 2.46. The molecule has 0 bridgehead atoms. The minimum absolute atomic E-state index is 0.0894. The van der Waals surface area contributed by atoms with Crippen LogP contribution in [0.2, 0.25) is 0 Å². The molecule has 9 nitrogen and oxygen atoms in total. The van der Waals surface area contributed by atoms with Gasteiger partial charge in [0.2, 0.25) is 10.0 Å². The van der Waals surface area contributed by atoms with E-state index in [1.54, 1.807) is 0 Å². The van der Waals surface area contributed by atoms with Crippen molar-refractivity contribution in [2.24, 2.45) is 0 Å². The van der Waals surface area contributed by atoms with Gasteiger partial charge in [-0.25, -0.2) is 22.1 Å². The normalized spacial score (nSPS) is 12.2. The molecule has 0 aliphatic heterocycles. The molecule has 4 aromatic rings. The number of anilines is 1. The Morgan fingerprint density at radius 2 is 2.03 bits per heavy atom. The van der Waals surface area contributed by atoms with Crippen LogP contribution in [0, 0.1) is 5.82 Å². The third kappa shape index (κ3) is 3.87. The molecule has 1 aromatic carbocycles. The third-order valence-electron chi connectivity index (χ3n) is 3.92. The molecule has 30 heavy (non-hydrogen) atoms. The number of nitrogens with zero attached hydrogens (tertiary/aromatic N) is 5. The summed E-state index contributed by atoms with van der Waals surface area (Å²) in [5.74, 6) is -1.78. The van der Waals surface area contributed by atoms with E-state index in [0.717, 1.165) is 21.7 Å². The first-order chi connectivity index (χ1) is 14.3. The van der Waals surface area contributed by atoms with Crippen molar-refractivity contribution >= 4 is 38.5 Å². The SMILES string of the molecule is CCS(=O)(=O)N(Cc1ncc(-c2nnc(C(F)F)o2)s1)c1nc2ccc(F)cc2o1. The molecule has 0 atom stereocenters. The molecular formula is C16H12F3N5O4S2. The van der Waals surface area contributed by atoms with E-state index in [9.17, 15) is 21.6 Å². The van der Waals surface area contributed by atoms with E-state index >= 15 is 0 Å². The number of thiazole rings is 1. The van der Waals surface area contributed by atoms with E-state index in [4.69, 9.17) is 8.83 Å². The summed E-state index contributed by atoms with van der Waals surface area (Å²) >= 11 is 0.982. The van der Waals surface area contributed by atoms with Crippen molar-refractivity contribution in [2.45, 2.75) is 19.9 Å². The molecule has 0 saturated heterocycles. The molecule has 0 saturated carbocycles. The van der Waals surface area contributed by atoms with Crippen molar-refractivity contribution in [2.75, 3.05) is 10.1 Å². The second-order valence-electron chi connectivity index (χ2n) is 5.88. The van der Waals surface area contributed by atoms with E-state index in [-0.39, 0.29) is 40.2 Å². The molecule has 0 amide bonds. The van der Waals surface area contributed by atoms with Gasteiger partial charge in [-0.1, -0.05) is 0 Å². The van der Waals surface area contributed by atoms with Crippen LogP contribution >= 0.6 is 11.3 Å². The number of hydrogen-bond donors (Lipinski definition) is 0. The first-order valence-corrected chi connectivity index (χ1v) is 10.8. The minimum Gasteiger partial charge on any atom is -0.423 e. The van der Waals surface area contributed by atoms with E-state index in [0.29, 0.717) is 5.01 Å². The lowest BCUT2D eigenvalue weighted by atomic mass is 10.3. The van der Waals surface area contributed by atoms with Gasteiger partial charge in [-0.2, -0.15) is 13.8 Å². The maximum Gasteiger partial charge on any atom is 0.314 e. The van der Waals surface area contributed by atoms with Gasteiger partial charge in [0.25, 0.3) is 11.8 Å². The van der Waals surface area contributed by atoms with Gasteiger partial charge >= 0.3 is 12.4 Å². The first kappa shape index (κ1) is 20.3. The predicted octanol–water partition coefficient (Wildman–Crippen LogP) is 3.77. The van der Waals surface area contributed by atoms with Gasteiger partial charge in [0.05, 0.1) is 18.5 Å². The standard InChI is InChI=1S/C16H12F3N5O4S2/c1-2-30(25,26)24(16-21-9-4-3-8(17)5-10(9)27-16)7-12-20-6-11(29-12)14-22-23-15(28-14)13(18)19/h3-6,13H,2,7H2,1H3. The summed E-state index contributed by atoms with van der Waals surface area (Å²) in [6.07, 6.45) is -1.60. The highest BCUT2D eigenvalue weighted by Gasteiger charge is 2.28. The number of oxazole rings is 1. The Hall–Kier alpha value is -3.00. The summed E-state index contributed by atoms with van der Waals surface area (Å²) < 4.78 is 75.1. The molecule has 0 aliphatic carbocycles. The van der Waals surface area contributed by atoms with Gasteiger partial charge in [0.15, 0.2) is 5.58 Å². The molecule has 14 heteroatoms. The fourth-order valence-corrected chi connectivity index (χ4v) is 4.32. The van der Waals surface area contributed by atoms with Gasteiger partial charge in [-0.05, 0) is 19.1 Å². The minimum atomic E-state index is -3.83. The van der Waals surface area contributed by atoms with Crippen LogP contribution in [0.3, 0.4) is 0 Å². The first-order valence-electron chi connectivity index (χ1n) is 8.40. The average Bonchev–Trinajstić information content (AvgIpc) is 3.43. The van der Waals surface area contributed by atoms with Crippen LogP contribution < -0.4 is 4.31 Å². The quantitative estimate of drug-likeness (QED) is 0.410. The van der Waals surface area contributed by atoms with Crippen molar-refractivity contribution in [3.05, 3.63) is 41.1 Å². The molecular weight excluding hydrogens is 447 g/mol. The maximum atomic E-state index is 13.4. The number of alkyl halides is 2. The molecule has 3 aromatic heterocycles. The van der Waals surface area contributed by atoms with Crippen molar-refractivity contribution in [1.29, 1.82) is 0 Å². The zero-order valence-electron chi connectivity index (χ0n) is 15.1. The van der Waals surface area contributed by atoms with Crippen LogP contribution in [0.1, 0.15) is 24.2 Å². The van der Waals surface area contributed by atoms with Crippen molar-refractivity contribution in [3.63, 3.8) is 0 Å². The lowest BCUT2D eigenvalue weighted by Gasteiger charge is -2.18. The van der Waals surface area contributed by atoms with Crippen LogP contribution in [0.4, 0.5) is 19.2 Å². The largest absolute Gasteiger partial charge is 0.423 e. The van der Waals surface area contributed by atoms with Crippen molar-refractivity contribution < 1.29 is 30.4 Å². The summed E-state index contributed by atoms with van der Waals surface area (Å²) in [6.45, 7) is 1.20. The highest BCUT2D eigenvalue weighted by Crippen LogP contribution is 2.31. The molecule has 0 unspecified atom stereocenters. The highest BCUT2D eigenvalue weighted by molar-refractivity contribution is 7.92. The Bertz CT molecular complexity index is 1300. The summed E-state index contributed by atoms with van der Waals surface area (Å²) in [5.41, 5.74) is 0.374.